The topological polar surface area (TPSA) is 71.7 Å². The molecule has 0 unspecified atom stereocenters. The van der Waals surface area contributed by atoms with Crippen LogP contribution >= 0.6 is 11.3 Å². The fraction of sp³-hybridized carbons (Fsp3) is 0.353. The van der Waals surface area contributed by atoms with E-state index in [9.17, 15) is 4.79 Å². The van der Waals surface area contributed by atoms with Gasteiger partial charge in [-0.05, 0) is 18.6 Å². The Morgan fingerprint density at radius 3 is 2.72 bits per heavy atom. The molecule has 25 heavy (non-hydrogen) atoms. The number of anilines is 1. The van der Waals surface area contributed by atoms with E-state index in [4.69, 9.17) is 14.2 Å². The second-order valence-corrected chi connectivity index (χ2v) is 6.89. The number of fused-ring (bicyclic) bond motifs is 1. The molecule has 7 nitrogen and oxygen atoms in total. The summed E-state index contributed by atoms with van der Waals surface area (Å²) in [4.78, 5) is 21.1. The molecule has 1 saturated heterocycles. The molecule has 4 rings (SSSR count). The van der Waals surface area contributed by atoms with Gasteiger partial charge < -0.3 is 19.1 Å². The molecule has 3 aromatic rings. The molecule has 1 aliphatic rings. The van der Waals surface area contributed by atoms with Crippen molar-refractivity contribution in [2.45, 2.75) is 6.92 Å². The lowest BCUT2D eigenvalue weighted by molar-refractivity contribution is 0.0705. The van der Waals surface area contributed by atoms with E-state index >= 15 is 0 Å². The third kappa shape index (κ3) is 2.82. The van der Waals surface area contributed by atoms with Crippen molar-refractivity contribution in [2.75, 3.05) is 38.2 Å². The van der Waals surface area contributed by atoms with E-state index in [2.05, 4.69) is 23.0 Å². The summed E-state index contributed by atoms with van der Waals surface area (Å²) >= 11 is 1.67. The van der Waals surface area contributed by atoms with Crippen LogP contribution in [0.5, 0.6) is 5.75 Å². The molecule has 0 atom stereocenters. The maximum absolute atomic E-state index is 12.3. The summed E-state index contributed by atoms with van der Waals surface area (Å²) in [6.45, 7) is 4.82. The number of thiazole rings is 1. The molecule has 1 fully saturated rings. The largest absolute Gasteiger partial charge is 0.494 e. The summed E-state index contributed by atoms with van der Waals surface area (Å²) in [6, 6.07) is 5.60. The molecule has 0 N–H and O–H groups in total. The molecule has 0 spiro atoms. The normalized spacial score (nSPS) is 15.0. The first-order chi connectivity index (χ1) is 12.2. The van der Waals surface area contributed by atoms with Crippen LogP contribution in [0.25, 0.3) is 10.2 Å². The van der Waals surface area contributed by atoms with E-state index in [0.29, 0.717) is 13.1 Å². The van der Waals surface area contributed by atoms with Crippen molar-refractivity contribution in [3.8, 4) is 5.75 Å². The average molecular weight is 358 g/mol. The summed E-state index contributed by atoms with van der Waals surface area (Å²) in [7, 11) is 1.66. The van der Waals surface area contributed by atoms with Gasteiger partial charge in [0.1, 0.15) is 11.3 Å². The van der Waals surface area contributed by atoms with Crippen LogP contribution in [0.4, 0.5) is 5.13 Å². The number of carbonyl (C=O) groups is 1. The fourth-order valence-electron chi connectivity index (χ4n) is 2.98. The number of hydrogen-bond acceptors (Lipinski definition) is 7. The predicted molar refractivity (Wildman–Crippen MR) is 95.5 cm³/mol. The number of benzene rings is 1. The van der Waals surface area contributed by atoms with Crippen LogP contribution < -0.4 is 9.64 Å². The fourth-order valence-corrected chi connectivity index (χ4v) is 4.08. The van der Waals surface area contributed by atoms with Crippen LogP contribution in [0.1, 0.15) is 16.1 Å². The minimum atomic E-state index is -0.112. The average Bonchev–Trinajstić information content (AvgIpc) is 3.32. The number of hydrogen-bond donors (Lipinski definition) is 0. The first kappa shape index (κ1) is 15.9. The highest BCUT2D eigenvalue weighted by Gasteiger charge is 2.26. The maximum Gasteiger partial charge on any atom is 0.292 e. The van der Waals surface area contributed by atoms with Crippen molar-refractivity contribution in [1.29, 1.82) is 0 Å². The lowest BCUT2D eigenvalue weighted by atomic mass is 10.2. The number of carbonyl (C=O) groups excluding carboxylic acids is 1. The van der Waals surface area contributed by atoms with E-state index in [1.54, 1.807) is 29.4 Å². The minimum Gasteiger partial charge on any atom is -0.494 e. The zero-order valence-corrected chi connectivity index (χ0v) is 14.9. The lowest BCUT2D eigenvalue weighted by Gasteiger charge is -2.33. The summed E-state index contributed by atoms with van der Waals surface area (Å²) in [5.41, 5.74) is 2.10. The van der Waals surface area contributed by atoms with Gasteiger partial charge in [0.25, 0.3) is 5.91 Å². The molecule has 1 aliphatic heterocycles. The molecule has 1 amide bonds. The Kier molecular flexibility index (Phi) is 4.04. The molecular weight excluding hydrogens is 340 g/mol. The summed E-state index contributed by atoms with van der Waals surface area (Å²) in [5, 5.41) is 4.56. The van der Waals surface area contributed by atoms with Gasteiger partial charge in [0.2, 0.25) is 5.76 Å². The molecule has 0 saturated carbocycles. The van der Waals surface area contributed by atoms with Gasteiger partial charge in [-0.2, -0.15) is 0 Å². The summed E-state index contributed by atoms with van der Waals surface area (Å²) in [6.07, 6.45) is 1.49. The third-order valence-corrected chi connectivity index (χ3v) is 5.65. The van der Waals surface area contributed by atoms with Crippen LogP contribution in [-0.2, 0) is 0 Å². The second-order valence-electron chi connectivity index (χ2n) is 5.91. The number of ether oxygens (including phenoxy) is 1. The van der Waals surface area contributed by atoms with Crippen molar-refractivity contribution in [3.05, 3.63) is 35.7 Å². The van der Waals surface area contributed by atoms with Crippen LogP contribution in [0.3, 0.4) is 0 Å². The molecule has 1 aromatic carbocycles. The van der Waals surface area contributed by atoms with Crippen LogP contribution in [0, 0.1) is 6.92 Å². The van der Waals surface area contributed by atoms with Crippen LogP contribution in [0.2, 0.25) is 0 Å². The van der Waals surface area contributed by atoms with Crippen molar-refractivity contribution in [3.63, 3.8) is 0 Å². The Morgan fingerprint density at radius 1 is 1.24 bits per heavy atom. The minimum absolute atomic E-state index is 0.112. The number of aromatic nitrogens is 2. The monoisotopic (exact) mass is 358 g/mol. The first-order valence-electron chi connectivity index (χ1n) is 8.06. The van der Waals surface area contributed by atoms with Gasteiger partial charge in [-0.1, -0.05) is 22.6 Å². The number of methoxy groups -OCH3 is 1. The third-order valence-electron chi connectivity index (χ3n) is 4.40. The zero-order valence-electron chi connectivity index (χ0n) is 14.1. The van der Waals surface area contributed by atoms with Crippen molar-refractivity contribution < 1.29 is 14.1 Å². The molecule has 0 bridgehead atoms. The number of aryl methyl sites for hydroxylation is 1. The van der Waals surface area contributed by atoms with E-state index in [1.807, 2.05) is 6.07 Å². The summed E-state index contributed by atoms with van der Waals surface area (Å²) < 4.78 is 11.5. The standard InChI is InChI=1S/C17H18N4O3S/c1-11-3-4-12(23-2)14-15(11)25-17(19-14)21-9-7-20(8-10-21)16(22)13-5-6-18-24-13/h3-6H,7-10H2,1-2H3. The number of nitrogens with zero attached hydrogens (tertiary/aromatic N) is 4. The van der Waals surface area contributed by atoms with E-state index < -0.39 is 0 Å². The van der Waals surface area contributed by atoms with Crippen LogP contribution in [0.15, 0.2) is 28.9 Å². The van der Waals surface area contributed by atoms with Gasteiger partial charge in [-0.15, -0.1) is 0 Å². The van der Waals surface area contributed by atoms with E-state index in [1.165, 1.54) is 11.8 Å². The number of rotatable bonds is 3. The number of piperazine rings is 1. The van der Waals surface area contributed by atoms with Gasteiger partial charge in [-0.3, -0.25) is 4.79 Å². The molecular formula is C17H18N4O3S. The van der Waals surface area contributed by atoms with Crippen LogP contribution in [-0.4, -0.2) is 54.2 Å². The Morgan fingerprint density at radius 2 is 2.04 bits per heavy atom. The Labute approximate surface area is 148 Å². The smallest absolute Gasteiger partial charge is 0.292 e. The molecule has 2 aromatic heterocycles. The van der Waals surface area contributed by atoms with Crippen molar-refractivity contribution in [2.24, 2.45) is 0 Å². The van der Waals surface area contributed by atoms with Gasteiger partial charge in [0, 0.05) is 32.2 Å². The molecule has 3 heterocycles. The predicted octanol–water partition coefficient (Wildman–Crippen LogP) is 2.56. The van der Waals surface area contributed by atoms with Crippen molar-refractivity contribution >= 4 is 32.6 Å². The molecule has 0 aliphatic carbocycles. The molecule has 0 radical (unpaired) electrons. The SMILES string of the molecule is COc1ccc(C)c2sc(N3CCN(C(=O)c4ccno4)CC3)nc12. The Bertz CT molecular complexity index is 898. The second kappa shape index (κ2) is 6.36. The van der Waals surface area contributed by atoms with Gasteiger partial charge in [0.15, 0.2) is 5.13 Å². The quantitative estimate of drug-likeness (QED) is 0.717. The van der Waals surface area contributed by atoms with Gasteiger partial charge in [-0.25, -0.2) is 4.98 Å². The highest BCUT2D eigenvalue weighted by molar-refractivity contribution is 7.22. The highest BCUT2D eigenvalue weighted by atomic mass is 32.1. The first-order valence-corrected chi connectivity index (χ1v) is 8.88. The lowest BCUT2D eigenvalue weighted by Crippen LogP contribution is -2.48. The van der Waals surface area contributed by atoms with E-state index in [-0.39, 0.29) is 11.7 Å². The maximum atomic E-state index is 12.3. The van der Waals surface area contributed by atoms with Crippen molar-refractivity contribution in [1.82, 2.24) is 15.0 Å². The zero-order chi connectivity index (χ0) is 17.4. The van der Waals surface area contributed by atoms with Gasteiger partial charge in [0.05, 0.1) is 18.0 Å². The van der Waals surface area contributed by atoms with Gasteiger partial charge >= 0.3 is 0 Å². The number of amides is 1. The molecule has 130 valence electrons. The Hall–Kier alpha value is -2.61. The molecule has 8 heteroatoms. The highest BCUT2D eigenvalue weighted by Crippen LogP contribution is 2.36. The van der Waals surface area contributed by atoms with E-state index in [0.717, 1.165) is 34.2 Å². The summed E-state index contributed by atoms with van der Waals surface area (Å²) in [5.74, 6) is 0.968. The Balaban J connectivity index is 1.52.